The van der Waals surface area contributed by atoms with E-state index in [-0.39, 0.29) is 11.5 Å². The van der Waals surface area contributed by atoms with Crippen molar-refractivity contribution in [3.63, 3.8) is 0 Å². The van der Waals surface area contributed by atoms with Crippen LogP contribution in [0.3, 0.4) is 0 Å². The third-order valence-corrected chi connectivity index (χ3v) is 4.20. The fourth-order valence-electron chi connectivity index (χ4n) is 2.72. The van der Waals surface area contributed by atoms with Gasteiger partial charge in [0, 0.05) is 30.8 Å². The number of hydrogen-bond donors (Lipinski definition) is 1. The number of aryl methyl sites for hydroxylation is 1. The third-order valence-electron chi connectivity index (χ3n) is 4.20. The molecule has 144 valence electrons. The van der Waals surface area contributed by atoms with E-state index in [9.17, 15) is 9.59 Å². The molecule has 1 amide bonds. The van der Waals surface area contributed by atoms with Crippen LogP contribution in [0.5, 0.6) is 5.75 Å². The largest absolute Gasteiger partial charge is 0.497 e. The Hall–Kier alpha value is -3.48. The molecule has 0 spiro atoms. The summed E-state index contributed by atoms with van der Waals surface area (Å²) < 4.78 is 6.62. The van der Waals surface area contributed by atoms with Crippen LogP contribution in [0.1, 0.15) is 18.5 Å². The van der Waals surface area contributed by atoms with Crippen molar-refractivity contribution in [1.82, 2.24) is 20.1 Å². The van der Waals surface area contributed by atoms with Crippen molar-refractivity contribution in [3.8, 4) is 17.0 Å². The molecule has 2 heterocycles. The molecule has 28 heavy (non-hydrogen) atoms. The Morgan fingerprint density at radius 3 is 2.82 bits per heavy atom. The van der Waals surface area contributed by atoms with Crippen LogP contribution in [0.4, 0.5) is 0 Å². The SMILES string of the molecule is COc1cccc(-c2ccc(=O)n(CCCC(=O)NCc3ccccn3)n2)c1. The zero-order valence-electron chi connectivity index (χ0n) is 15.7. The molecule has 0 aliphatic rings. The van der Waals surface area contributed by atoms with Gasteiger partial charge in [0.15, 0.2) is 0 Å². The molecule has 0 atom stereocenters. The number of aromatic nitrogens is 3. The Labute approximate surface area is 163 Å². The molecule has 0 fully saturated rings. The molecule has 0 bridgehead atoms. The molecule has 0 aliphatic heterocycles. The van der Waals surface area contributed by atoms with E-state index >= 15 is 0 Å². The molecule has 7 nitrogen and oxygen atoms in total. The molecule has 3 rings (SSSR count). The number of rotatable bonds is 8. The second-order valence-corrected chi connectivity index (χ2v) is 6.21. The molecular weight excluding hydrogens is 356 g/mol. The summed E-state index contributed by atoms with van der Waals surface area (Å²) in [6.45, 7) is 0.761. The number of ether oxygens (including phenoxy) is 1. The number of pyridine rings is 1. The Kier molecular flexibility index (Phi) is 6.51. The van der Waals surface area contributed by atoms with Gasteiger partial charge in [-0.1, -0.05) is 18.2 Å². The fraction of sp³-hybridized carbons (Fsp3) is 0.238. The van der Waals surface area contributed by atoms with Gasteiger partial charge in [-0.2, -0.15) is 5.10 Å². The summed E-state index contributed by atoms with van der Waals surface area (Å²) in [7, 11) is 1.60. The van der Waals surface area contributed by atoms with E-state index in [4.69, 9.17) is 4.74 Å². The van der Waals surface area contributed by atoms with Gasteiger partial charge in [0.05, 0.1) is 25.0 Å². The van der Waals surface area contributed by atoms with Crippen molar-refractivity contribution in [2.24, 2.45) is 0 Å². The first kappa shape index (κ1) is 19.3. The third kappa shape index (κ3) is 5.26. The summed E-state index contributed by atoms with van der Waals surface area (Å²) in [5.74, 6) is 0.643. The molecular formula is C21H22N4O3. The van der Waals surface area contributed by atoms with Crippen LogP contribution in [0.2, 0.25) is 0 Å². The van der Waals surface area contributed by atoms with Crippen LogP contribution in [0.25, 0.3) is 11.3 Å². The van der Waals surface area contributed by atoms with Crippen LogP contribution in [-0.4, -0.2) is 27.8 Å². The van der Waals surface area contributed by atoms with Gasteiger partial charge in [-0.05, 0) is 36.8 Å². The van der Waals surface area contributed by atoms with Crippen molar-refractivity contribution >= 4 is 5.91 Å². The molecule has 0 aliphatic carbocycles. The molecule has 7 heteroatoms. The summed E-state index contributed by atoms with van der Waals surface area (Å²) in [6.07, 6.45) is 2.52. The number of carbonyl (C=O) groups excluding carboxylic acids is 1. The average molecular weight is 378 g/mol. The molecule has 3 aromatic rings. The maximum atomic E-state index is 12.1. The normalized spacial score (nSPS) is 10.5. The van der Waals surface area contributed by atoms with Crippen LogP contribution < -0.4 is 15.6 Å². The summed E-state index contributed by atoms with van der Waals surface area (Å²) in [4.78, 5) is 28.2. The Bertz CT molecular complexity index is 986. The molecule has 1 N–H and O–H groups in total. The summed E-state index contributed by atoms with van der Waals surface area (Å²) in [6, 6.07) is 16.2. The van der Waals surface area contributed by atoms with Crippen LogP contribution in [-0.2, 0) is 17.9 Å². The highest BCUT2D eigenvalue weighted by atomic mass is 16.5. The van der Waals surface area contributed by atoms with Gasteiger partial charge in [-0.25, -0.2) is 4.68 Å². The number of amides is 1. The second kappa shape index (κ2) is 9.45. The van der Waals surface area contributed by atoms with Gasteiger partial charge in [0.2, 0.25) is 5.91 Å². The van der Waals surface area contributed by atoms with Gasteiger partial charge in [0.25, 0.3) is 5.56 Å². The van der Waals surface area contributed by atoms with E-state index in [0.717, 1.165) is 17.0 Å². The lowest BCUT2D eigenvalue weighted by Gasteiger charge is -2.08. The van der Waals surface area contributed by atoms with Crippen LogP contribution in [0.15, 0.2) is 65.6 Å². The number of methoxy groups -OCH3 is 1. The maximum absolute atomic E-state index is 12.1. The van der Waals surface area contributed by atoms with Gasteiger partial charge in [-0.3, -0.25) is 14.6 Å². The van der Waals surface area contributed by atoms with E-state index in [2.05, 4.69) is 15.4 Å². The Balaban J connectivity index is 1.56. The maximum Gasteiger partial charge on any atom is 0.266 e. The van der Waals surface area contributed by atoms with E-state index in [1.54, 1.807) is 19.4 Å². The van der Waals surface area contributed by atoms with Crippen molar-refractivity contribution < 1.29 is 9.53 Å². The first-order valence-corrected chi connectivity index (χ1v) is 9.05. The average Bonchev–Trinajstić information content (AvgIpc) is 2.74. The van der Waals surface area contributed by atoms with E-state index in [0.29, 0.717) is 31.6 Å². The zero-order valence-corrected chi connectivity index (χ0v) is 15.7. The van der Waals surface area contributed by atoms with E-state index in [1.165, 1.54) is 10.7 Å². The molecule has 0 saturated carbocycles. The molecule has 0 unspecified atom stereocenters. The van der Waals surface area contributed by atoms with Gasteiger partial charge < -0.3 is 10.1 Å². The number of hydrogen-bond acceptors (Lipinski definition) is 5. The lowest BCUT2D eigenvalue weighted by atomic mass is 10.1. The van der Waals surface area contributed by atoms with Crippen molar-refractivity contribution in [2.45, 2.75) is 25.9 Å². The van der Waals surface area contributed by atoms with Crippen LogP contribution in [0, 0.1) is 0 Å². The number of nitrogens with one attached hydrogen (secondary N) is 1. The summed E-state index contributed by atoms with van der Waals surface area (Å²) in [5.41, 5.74) is 2.15. The van der Waals surface area contributed by atoms with Crippen molar-refractivity contribution in [2.75, 3.05) is 7.11 Å². The highest BCUT2D eigenvalue weighted by Gasteiger charge is 2.07. The zero-order chi connectivity index (χ0) is 19.8. The van der Waals surface area contributed by atoms with Gasteiger partial charge >= 0.3 is 0 Å². The molecule has 2 aromatic heterocycles. The Morgan fingerprint density at radius 1 is 1.14 bits per heavy atom. The van der Waals surface area contributed by atoms with Gasteiger partial charge in [-0.15, -0.1) is 0 Å². The second-order valence-electron chi connectivity index (χ2n) is 6.21. The highest BCUT2D eigenvalue weighted by Crippen LogP contribution is 2.21. The summed E-state index contributed by atoms with van der Waals surface area (Å²) >= 11 is 0. The first-order valence-electron chi connectivity index (χ1n) is 9.05. The molecule has 0 radical (unpaired) electrons. The topological polar surface area (TPSA) is 86.1 Å². The number of benzene rings is 1. The minimum Gasteiger partial charge on any atom is -0.497 e. The number of carbonyl (C=O) groups is 1. The van der Waals surface area contributed by atoms with Gasteiger partial charge in [0.1, 0.15) is 5.75 Å². The Morgan fingerprint density at radius 2 is 2.04 bits per heavy atom. The molecule has 0 saturated heterocycles. The van der Waals surface area contributed by atoms with E-state index < -0.39 is 0 Å². The minimum absolute atomic E-state index is 0.0809. The standard InChI is InChI=1S/C21H22N4O3/c1-28-18-8-4-6-16(14-18)19-10-11-21(27)25(24-19)13-5-9-20(26)23-15-17-7-2-3-12-22-17/h2-4,6-8,10-12,14H,5,9,13,15H2,1H3,(H,23,26). The van der Waals surface area contributed by atoms with Crippen LogP contribution >= 0.6 is 0 Å². The lowest BCUT2D eigenvalue weighted by molar-refractivity contribution is -0.121. The quantitative estimate of drug-likeness (QED) is 0.651. The van der Waals surface area contributed by atoms with E-state index in [1.807, 2.05) is 42.5 Å². The van der Waals surface area contributed by atoms with Crippen molar-refractivity contribution in [1.29, 1.82) is 0 Å². The first-order chi connectivity index (χ1) is 13.7. The fourth-order valence-corrected chi connectivity index (χ4v) is 2.72. The predicted molar refractivity (Wildman–Crippen MR) is 106 cm³/mol. The number of nitrogens with zero attached hydrogens (tertiary/aromatic N) is 3. The predicted octanol–water partition coefficient (Wildman–Crippen LogP) is 2.41. The minimum atomic E-state index is -0.194. The molecule has 1 aromatic carbocycles. The monoisotopic (exact) mass is 378 g/mol. The lowest BCUT2D eigenvalue weighted by Crippen LogP contribution is -2.25. The summed E-state index contributed by atoms with van der Waals surface area (Å²) in [5, 5.41) is 7.24. The smallest absolute Gasteiger partial charge is 0.266 e. The highest BCUT2D eigenvalue weighted by molar-refractivity contribution is 5.75. The van der Waals surface area contributed by atoms with Crippen molar-refractivity contribution in [3.05, 3.63) is 76.8 Å².